The molecule has 3 rings (SSSR count). The van der Waals surface area contributed by atoms with Gasteiger partial charge in [0.05, 0.1) is 12.0 Å². The molecule has 2 aromatic carbocycles. The fourth-order valence-corrected chi connectivity index (χ4v) is 3.72. The average molecular weight is 392 g/mol. The molecule has 0 aliphatic heterocycles. The molecule has 1 fully saturated rings. The minimum absolute atomic E-state index is 0.0236. The van der Waals surface area contributed by atoms with E-state index >= 15 is 0 Å². The lowest BCUT2D eigenvalue weighted by molar-refractivity contribution is -0.0258. The zero-order valence-electron chi connectivity index (χ0n) is 15.1. The summed E-state index contributed by atoms with van der Waals surface area (Å²) in [6.07, 6.45) is 1.76. The highest BCUT2D eigenvalue weighted by molar-refractivity contribution is 7.89. The van der Waals surface area contributed by atoms with Crippen molar-refractivity contribution in [2.24, 2.45) is 0 Å². The molecular weight excluding hydrogens is 371 g/mol. The van der Waals surface area contributed by atoms with E-state index in [1.807, 2.05) is 0 Å². The predicted octanol–water partition coefficient (Wildman–Crippen LogP) is 2.81. The third-order valence-electron chi connectivity index (χ3n) is 4.54. The lowest BCUT2D eigenvalue weighted by Crippen LogP contribution is -2.33. The van der Waals surface area contributed by atoms with Crippen molar-refractivity contribution in [3.05, 3.63) is 65.5 Å². The zero-order chi connectivity index (χ0) is 19.6. The number of hydrogen-bond acceptors (Lipinski definition) is 4. The van der Waals surface area contributed by atoms with Crippen LogP contribution < -0.4 is 0 Å². The highest BCUT2D eigenvalue weighted by atomic mass is 32.2. The monoisotopic (exact) mass is 392 g/mol. The van der Waals surface area contributed by atoms with E-state index in [2.05, 4.69) is 0 Å². The lowest BCUT2D eigenvalue weighted by atomic mass is 10.1. The van der Waals surface area contributed by atoms with E-state index in [4.69, 9.17) is 4.84 Å². The number of hydroxylamine groups is 1. The molecule has 0 bridgehead atoms. The molecule has 0 aromatic heterocycles. The molecule has 2 aromatic rings. The second-order valence-corrected chi connectivity index (χ2v) is 8.31. The van der Waals surface area contributed by atoms with Crippen LogP contribution in [-0.2, 0) is 21.4 Å². The van der Waals surface area contributed by atoms with Crippen molar-refractivity contribution in [1.82, 2.24) is 9.37 Å². The third kappa shape index (κ3) is 4.18. The fraction of sp³-hybridized carbons (Fsp3) is 0.316. The SMILES string of the molecule is CON(C)S(=O)(=O)c1ccc(C(=O)N(Cc2ccccc2F)C2CC2)cc1. The van der Waals surface area contributed by atoms with Crippen LogP contribution in [0.1, 0.15) is 28.8 Å². The molecule has 27 heavy (non-hydrogen) atoms. The van der Waals surface area contributed by atoms with Gasteiger partial charge in [-0.1, -0.05) is 22.7 Å². The molecule has 0 saturated heterocycles. The van der Waals surface area contributed by atoms with Crippen LogP contribution in [0.25, 0.3) is 0 Å². The number of benzene rings is 2. The maximum Gasteiger partial charge on any atom is 0.264 e. The van der Waals surface area contributed by atoms with E-state index < -0.39 is 10.0 Å². The van der Waals surface area contributed by atoms with Gasteiger partial charge < -0.3 is 4.90 Å². The first-order valence-corrected chi connectivity index (χ1v) is 9.96. The van der Waals surface area contributed by atoms with Gasteiger partial charge in [0, 0.05) is 30.8 Å². The number of amides is 1. The van der Waals surface area contributed by atoms with E-state index in [1.54, 1.807) is 23.1 Å². The van der Waals surface area contributed by atoms with Crippen LogP contribution in [-0.4, -0.2) is 43.9 Å². The molecule has 6 nitrogen and oxygen atoms in total. The number of nitrogens with zero attached hydrogens (tertiary/aromatic N) is 2. The Kier molecular flexibility index (Phi) is 5.59. The molecule has 144 valence electrons. The second-order valence-electron chi connectivity index (χ2n) is 6.38. The summed E-state index contributed by atoms with van der Waals surface area (Å²) >= 11 is 0. The van der Waals surface area contributed by atoms with Gasteiger partial charge in [0.1, 0.15) is 5.82 Å². The number of rotatable bonds is 7. The Labute approximate surface area is 158 Å². The first-order valence-electron chi connectivity index (χ1n) is 8.52. The summed E-state index contributed by atoms with van der Waals surface area (Å²) < 4.78 is 39.2. The maximum atomic E-state index is 14.0. The topological polar surface area (TPSA) is 66.9 Å². The van der Waals surface area contributed by atoms with Crippen molar-refractivity contribution in [3.63, 3.8) is 0 Å². The standard InChI is InChI=1S/C19H21FN2O4S/c1-21(26-2)27(24,25)17-11-7-14(8-12-17)19(23)22(16-9-10-16)13-15-5-3-4-6-18(15)20/h3-8,11-12,16H,9-10,13H2,1-2H3. The number of halogens is 1. The summed E-state index contributed by atoms with van der Waals surface area (Å²) in [4.78, 5) is 19.3. The Morgan fingerprint density at radius 3 is 2.33 bits per heavy atom. The molecule has 0 heterocycles. The van der Waals surface area contributed by atoms with Crippen LogP contribution in [0, 0.1) is 5.82 Å². The molecule has 0 atom stereocenters. The number of carbonyl (C=O) groups excluding carboxylic acids is 1. The minimum Gasteiger partial charge on any atom is -0.331 e. The Morgan fingerprint density at radius 1 is 1.15 bits per heavy atom. The Morgan fingerprint density at radius 2 is 1.78 bits per heavy atom. The van der Waals surface area contributed by atoms with E-state index in [9.17, 15) is 17.6 Å². The molecule has 1 aliphatic rings. The molecular formula is C19H21FN2O4S. The van der Waals surface area contributed by atoms with Crippen molar-refractivity contribution in [2.75, 3.05) is 14.2 Å². The van der Waals surface area contributed by atoms with Gasteiger partial charge in [0.15, 0.2) is 0 Å². The van der Waals surface area contributed by atoms with Gasteiger partial charge >= 0.3 is 0 Å². The summed E-state index contributed by atoms with van der Waals surface area (Å²) in [5.74, 6) is -0.593. The van der Waals surface area contributed by atoms with Crippen LogP contribution >= 0.6 is 0 Å². The molecule has 0 unspecified atom stereocenters. The van der Waals surface area contributed by atoms with Crippen molar-refractivity contribution in [3.8, 4) is 0 Å². The Hall–Kier alpha value is -2.29. The van der Waals surface area contributed by atoms with Crippen molar-refractivity contribution in [2.45, 2.75) is 30.3 Å². The third-order valence-corrected chi connectivity index (χ3v) is 6.24. The molecule has 0 N–H and O–H groups in total. The number of carbonyl (C=O) groups is 1. The van der Waals surface area contributed by atoms with E-state index in [0.29, 0.717) is 11.1 Å². The largest absolute Gasteiger partial charge is 0.331 e. The van der Waals surface area contributed by atoms with Gasteiger partial charge in [0.2, 0.25) is 0 Å². The molecule has 1 amide bonds. The highest BCUT2D eigenvalue weighted by Gasteiger charge is 2.33. The lowest BCUT2D eigenvalue weighted by Gasteiger charge is -2.23. The van der Waals surface area contributed by atoms with Gasteiger partial charge in [0.25, 0.3) is 15.9 Å². The smallest absolute Gasteiger partial charge is 0.264 e. The summed E-state index contributed by atoms with van der Waals surface area (Å²) in [6, 6.07) is 12.1. The Balaban J connectivity index is 1.82. The van der Waals surface area contributed by atoms with Crippen molar-refractivity contribution < 1.29 is 22.4 Å². The van der Waals surface area contributed by atoms with Crippen molar-refractivity contribution >= 4 is 15.9 Å². The van der Waals surface area contributed by atoms with Gasteiger partial charge in [-0.05, 0) is 43.2 Å². The van der Waals surface area contributed by atoms with Gasteiger partial charge in [-0.15, -0.1) is 0 Å². The Bertz CT molecular complexity index is 927. The molecule has 8 heteroatoms. The van der Waals surface area contributed by atoms with Crippen LogP contribution in [0.15, 0.2) is 53.4 Å². The van der Waals surface area contributed by atoms with Crippen LogP contribution in [0.5, 0.6) is 0 Å². The summed E-state index contributed by atoms with van der Waals surface area (Å²) in [5, 5.41) is 0. The number of hydrogen-bond donors (Lipinski definition) is 0. The quantitative estimate of drug-likeness (QED) is 0.680. The molecule has 1 aliphatic carbocycles. The van der Waals surface area contributed by atoms with Crippen LogP contribution in [0.2, 0.25) is 0 Å². The van der Waals surface area contributed by atoms with Crippen LogP contribution in [0.3, 0.4) is 0 Å². The molecule has 0 radical (unpaired) electrons. The van der Waals surface area contributed by atoms with E-state index in [-0.39, 0.29) is 29.2 Å². The van der Waals surface area contributed by atoms with Gasteiger partial charge in [-0.25, -0.2) is 12.8 Å². The minimum atomic E-state index is -3.77. The van der Waals surface area contributed by atoms with E-state index in [1.165, 1.54) is 44.5 Å². The van der Waals surface area contributed by atoms with Crippen LogP contribution in [0.4, 0.5) is 4.39 Å². The zero-order valence-corrected chi connectivity index (χ0v) is 15.9. The molecule has 0 spiro atoms. The first kappa shape index (κ1) is 19.5. The predicted molar refractivity (Wildman–Crippen MR) is 97.7 cm³/mol. The van der Waals surface area contributed by atoms with Gasteiger partial charge in [-0.3, -0.25) is 9.63 Å². The summed E-state index contributed by atoms with van der Waals surface area (Å²) in [6.45, 7) is 0.183. The van der Waals surface area contributed by atoms with E-state index in [0.717, 1.165) is 17.3 Å². The normalized spacial score (nSPS) is 14.4. The second kappa shape index (κ2) is 7.75. The fourth-order valence-electron chi connectivity index (χ4n) is 2.74. The first-order chi connectivity index (χ1) is 12.8. The van der Waals surface area contributed by atoms with Crippen molar-refractivity contribution in [1.29, 1.82) is 0 Å². The molecule has 1 saturated carbocycles. The average Bonchev–Trinajstić information content (AvgIpc) is 3.51. The number of sulfonamides is 1. The summed E-state index contributed by atoms with van der Waals surface area (Å²) in [7, 11) is -1.23. The summed E-state index contributed by atoms with van der Waals surface area (Å²) in [5.41, 5.74) is 0.816. The highest BCUT2D eigenvalue weighted by Crippen LogP contribution is 2.30. The van der Waals surface area contributed by atoms with Gasteiger partial charge in [-0.2, -0.15) is 0 Å². The maximum absolute atomic E-state index is 14.0.